The standard InChI is InChI=1S/C24H31NO3S/c1-3-28-22-9-7-21(8-10-22)24(11-13-27-14-12-24)18-25-23(26)17-29-16-20-6-4-5-19(2)15-20/h4-10,15H,3,11-14,16-18H2,1-2H3,(H,25,26). The second kappa shape index (κ2) is 10.7. The van der Waals surface area contributed by atoms with Gasteiger partial charge in [0.15, 0.2) is 0 Å². The van der Waals surface area contributed by atoms with E-state index in [1.165, 1.54) is 16.7 Å². The van der Waals surface area contributed by atoms with Crippen LogP contribution in [0.25, 0.3) is 0 Å². The van der Waals surface area contributed by atoms with Crippen molar-refractivity contribution in [2.24, 2.45) is 0 Å². The van der Waals surface area contributed by atoms with Crippen molar-refractivity contribution < 1.29 is 14.3 Å². The van der Waals surface area contributed by atoms with Gasteiger partial charge in [-0.1, -0.05) is 42.0 Å². The highest BCUT2D eigenvalue weighted by molar-refractivity contribution is 7.99. The fraction of sp³-hybridized carbons (Fsp3) is 0.458. The maximum Gasteiger partial charge on any atom is 0.230 e. The van der Waals surface area contributed by atoms with Crippen molar-refractivity contribution in [3.8, 4) is 5.75 Å². The summed E-state index contributed by atoms with van der Waals surface area (Å²) in [6, 6.07) is 16.8. The Morgan fingerprint density at radius 2 is 1.93 bits per heavy atom. The van der Waals surface area contributed by atoms with Gasteiger partial charge in [0.25, 0.3) is 0 Å². The van der Waals surface area contributed by atoms with Crippen LogP contribution in [-0.4, -0.2) is 38.0 Å². The summed E-state index contributed by atoms with van der Waals surface area (Å²) in [5.74, 6) is 2.31. The number of rotatable bonds is 9. The summed E-state index contributed by atoms with van der Waals surface area (Å²) in [5, 5.41) is 3.18. The normalized spacial score (nSPS) is 15.7. The highest BCUT2D eigenvalue weighted by Crippen LogP contribution is 2.35. The maximum absolute atomic E-state index is 12.5. The van der Waals surface area contributed by atoms with Gasteiger partial charge in [-0.3, -0.25) is 4.79 Å². The molecule has 3 rings (SSSR count). The SMILES string of the molecule is CCOc1ccc(C2(CNC(=O)CSCc3cccc(C)c3)CCOCC2)cc1. The van der Waals surface area contributed by atoms with Crippen molar-refractivity contribution in [1.29, 1.82) is 0 Å². The summed E-state index contributed by atoms with van der Waals surface area (Å²) in [6.45, 7) is 6.84. The zero-order chi connectivity index (χ0) is 20.5. The van der Waals surface area contributed by atoms with Crippen molar-refractivity contribution in [2.45, 2.75) is 37.9 Å². The van der Waals surface area contributed by atoms with E-state index in [0.29, 0.717) is 18.9 Å². The minimum absolute atomic E-state index is 0.0696. The molecule has 1 amide bonds. The van der Waals surface area contributed by atoms with Gasteiger partial charge in [-0.05, 0) is 49.9 Å². The summed E-state index contributed by atoms with van der Waals surface area (Å²) >= 11 is 1.66. The van der Waals surface area contributed by atoms with Crippen LogP contribution in [0.2, 0.25) is 0 Å². The van der Waals surface area contributed by atoms with E-state index in [9.17, 15) is 4.79 Å². The quantitative estimate of drug-likeness (QED) is 0.658. The van der Waals surface area contributed by atoms with E-state index >= 15 is 0 Å². The monoisotopic (exact) mass is 413 g/mol. The lowest BCUT2D eigenvalue weighted by Gasteiger charge is -2.38. The molecule has 0 saturated carbocycles. The van der Waals surface area contributed by atoms with Crippen molar-refractivity contribution in [2.75, 3.05) is 32.1 Å². The molecule has 1 heterocycles. The molecule has 1 fully saturated rings. The topological polar surface area (TPSA) is 47.6 Å². The smallest absolute Gasteiger partial charge is 0.230 e. The van der Waals surface area contributed by atoms with Crippen LogP contribution < -0.4 is 10.1 Å². The summed E-state index contributed by atoms with van der Waals surface area (Å²) in [5.41, 5.74) is 3.69. The molecule has 1 aliphatic rings. The zero-order valence-corrected chi connectivity index (χ0v) is 18.2. The Morgan fingerprint density at radius 1 is 1.17 bits per heavy atom. The summed E-state index contributed by atoms with van der Waals surface area (Å²) in [7, 11) is 0. The minimum atomic E-state index is -0.0696. The molecule has 1 N–H and O–H groups in total. The third-order valence-electron chi connectivity index (χ3n) is 5.44. The molecule has 29 heavy (non-hydrogen) atoms. The average Bonchev–Trinajstić information content (AvgIpc) is 2.74. The molecule has 156 valence electrons. The predicted octanol–water partition coefficient (Wildman–Crippen LogP) is 4.49. The Kier molecular flexibility index (Phi) is 8.01. The number of aryl methyl sites for hydroxylation is 1. The van der Waals surface area contributed by atoms with Crippen LogP contribution in [-0.2, 0) is 20.7 Å². The molecule has 1 aliphatic heterocycles. The van der Waals surface area contributed by atoms with Crippen molar-refractivity contribution in [3.63, 3.8) is 0 Å². The van der Waals surface area contributed by atoms with E-state index < -0.39 is 0 Å². The molecule has 4 nitrogen and oxygen atoms in total. The van der Waals surface area contributed by atoms with Gasteiger partial charge < -0.3 is 14.8 Å². The van der Waals surface area contributed by atoms with E-state index in [0.717, 1.165) is 37.6 Å². The fourth-order valence-electron chi connectivity index (χ4n) is 3.78. The molecule has 0 bridgehead atoms. The van der Waals surface area contributed by atoms with Gasteiger partial charge in [0.2, 0.25) is 5.91 Å². The van der Waals surface area contributed by atoms with Gasteiger partial charge in [-0.15, -0.1) is 11.8 Å². The molecule has 0 aliphatic carbocycles. The maximum atomic E-state index is 12.5. The van der Waals surface area contributed by atoms with Gasteiger partial charge >= 0.3 is 0 Å². The summed E-state index contributed by atoms with van der Waals surface area (Å²) < 4.78 is 11.2. The fourth-order valence-corrected chi connectivity index (χ4v) is 4.59. The van der Waals surface area contributed by atoms with Gasteiger partial charge in [-0.2, -0.15) is 0 Å². The summed E-state index contributed by atoms with van der Waals surface area (Å²) in [6.07, 6.45) is 1.83. The lowest BCUT2D eigenvalue weighted by Crippen LogP contribution is -2.45. The van der Waals surface area contributed by atoms with Gasteiger partial charge in [0.05, 0.1) is 12.4 Å². The lowest BCUT2D eigenvalue weighted by molar-refractivity contribution is -0.119. The number of benzene rings is 2. The average molecular weight is 414 g/mol. The number of amides is 1. The van der Waals surface area contributed by atoms with Crippen LogP contribution in [0.3, 0.4) is 0 Å². The Labute approximate surface area is 178 Å². The van der Waals surface area contributed by atoms with E-state index in [2.05, 4.69) is 48.6 Å². The number of ether oxygens (including phenoxy) is 2. The molecule has 0 unspecified atom stereocenters. The minimum Gasteiger partial charge on any atom is -0.494 e. The van der Waals surface area contributed by atoms with Crippen LogP contribution >= 0.6 is 11.8 Å². The Balaban J connectivity index is 1.55. The molecular weight excluding hydrogens is 382 g/mol. The Morgan fingerprint density at radius 3 is 2.62 bits per heavy atom. The van der Waals surface area contributed by atoms with Crippen molar-refractivity contribution in [3.05, 3.63) is 65.2 Å². The number of thioether (sulfide) groups is 1. The van der Waals surface area contributed by atoms with Crippen molar-refractivity contribution >= 4 is 17.7 Å². The van der Waals surface area contributed by atoms with E-state index in [-0.39, 0.29) is 11.3 Å². The number of hydrogen-bond donors (Lipinski definition) is 1. The van der Waals surface area contributed by atoms with E-state index in [1.807, 2.05) is 19.1 Å². The van der Waals surface area contributed by atoms with Crippen LogP contribution in [0, 0.1) is 6.92 Å². The highest BCUT2D eigenvalue weighted by atomic mass is 32.2. The largest absolute Gasteiger partial charge is 0.494 e. The molecule has 0 atom stereocenters. The number of carbonyl (C=O) groups excluding carboxylic acids is 1. The van der Waals surface area contributed by atoms with Gasteiger partial charge in [0.1, 0.15) is 5.75 Å². The first-order chi connectivity index (χ1) is 14.1. The first-order valence-electron chi connectivity index (χ1n) is 10.3. The highest BCUT2D eigenvalue weighted by Gasteiger charge is 2.34. The molecular formula is C24H31NO3S. The van der Waals surface area contributed by atoms with Gasteiger partial charge in [0, 0.05) is 30.9 Å². The molecule has 2 aromatic carbocycles. The van der Waals surface area contributed by atoms with Gasteiger partial charge in [-0.25, -0.2) is 0 Å². The van der Waals surface area contributed by atoms with Crippen molar-refractivity contribution in [1.82, 2.24) is 5.32 Å². The first-order valence-corrected chi connectivity index (χ1v) is 11.5. The molecule has 0 radical (unpaired) electrons. The number of nitrogens with one attached hydrogen (secondary N) is 1. The molecule has 2 aromatic rings. The van der Waals surface area contributed by atoms with Crippen LogP contribution in [0.4, 0.5) is 0 Å². The molecule has 0 spiro atoms. The lowest BCUT2D eigenvalue weighted by atomic mass is 9.74. The first kappa shape index (κ1) is 21.7. The second-order valence-corrected chi connectivity index (χ2v) is 8.59. The number of hydrogen-bond acceptors (Lipinski definition) is 4. The Bertz CT molecular complexity index is 785. The number of carbonyl (C=O) groups is 1. The Hall–Kier alpha value is -1.98. The summed E-state index contributed by atoms with van der Waals surface area (Å²) in [4.78, 5) is 12.5. The molecule has 1 saturated heterocycles. The predicted molar refractivity (Wildman–Crippen MR) is 120 cm³/mol. The zero-order valence-electron chi connectivity index (χ0n) is 17.4. The third-order valence-corrected chi connectivity index (χ3v) is 6.44. The van der Waals surface area contributed by atoms with Crippen LogP contribution in [0.1, 0.15) is 36.5 Å². The van der Waals surface area contributed by atoms with Crippen LogP contribution in [0.15, 0.2) is 48.5 Å². The van der Waals surface area contributed by atoms with E-state index in [4.69, 9.17) is 9.47 Å². The van der Waals surface area contributed by atoms with Crippen LogP contribution in [0.5, 0.6) is 5.75 Å². The molecule has 0 aromatic heterocycles. The third kappa shape index (κ3) is 6.25. The second-order valence-electron chi connectivity index (χ2n) is 7.61. The van der Waals surface area contributed by atoms with E-state index in [1.54, 1.807) is 11.8 Å². The molecule has 5 heteroatoms.